The predicted octanol–water partition coefficient (Wildman–Crippen LogP) is 3.21. The second-order valence-corrected chi connectivity index (χ2v) is 7.75. The van der Waals surface area contributed by atoms with Gasteiger partial charge < -0.3 is 14.2 Å². The van der Waals surface area contributed by atoms with Crippen LogP contribution < -0.4 is 24.7 Å². The van der Waals surface area contributed by atoms with Gasteiger partial charge >= 0.3 is 0 Å². The lowest BCUT2D eigenvalue weighted by Crippen LogP contribution is -2.35. The first-order valence-electron chi connectivity index (χ1n) is 9.15. The fourth-order valence-electron chi connectivity index (χ4n) is 2.91. The molecule has 0 saturated heterocycles. The van der Waals surface area contributed by atoms with Crippen molar-refractivity contribution in [2.24, 2.45) is 5.14 Å². The molecule has 154 valence electrons. The van der Waals surface area contributed by atoms with Crippen LogP contribution in [0.25, 0.3) is 0 Å². The Hall–Kier alpha value is -2.29. The van der Waals surface area contributed by atoms with Crippen LogP contribution in [-0.4, -0.2) is 28.4 Å². The molecule has 2 aromatic carbocycles. The fraction of sp³-hybridized carbons (Fsp3) is 0.400. The SMILES string of the molecule is CCOc1ccccc1O[C@@H](C)N[C@@H](CC)c1ccc(OC)c(S(N)(=O)=O)c1. The average molecular weight is 409 g/mol. The van der Waals surface area contributed by atoms with Crippen LogP contribution in [0.4, 0.5) is 0 Å². The molecule has 0 aliphatic heterocycles. The van der Waals surface area contributed by atoms with Gasteiger partial charge in [-0.05, 0) is 50.1 Å². The molecule has 0 aliphatic carbocycles. The van der Waals surface area contributed by atoms with Crippen LogP contribution in [0.3, 0.4) is 0 Å². The predicted molar refractivity (Wildman–Crippen MR) is 108 cm³/mol. The standard InChI is InChI=1S/C20H28N2O5S/c1-5-16(15-11-12-19(25-4)20(13-15)28(21,23)24)22-14(3)27-18-10-8-7-9-17(18)26-6-2/h7-14,16,22H,5-6H2,1-4H3,(H2,21,23,24)/t14-,16-/m0/s1. The second kappa shape index (κ2) is 9.77. The fourth-order valence-corrected chi connectivity index (χ4v) is 3.64. The first-order chi connectivity index (χ1) is 13.3. The third-order valence-electron chi connectivity index (χ3n) is 4.19. The first-order valence-corrected chi connectivity index (χ1v) is 10.7. The maximum Gasteiger partial charge on any atom is 0.241 e. The molecule has 0 amide bonds. The van der Waals surface area contributed by atoms with Crippen LogP contribution in [0.1, 0.15) is 38.8 Å². The third-order valence-corrected chi connectivity index (χ3v) is 5.13. The number of nitrogens with one attached hydrogen (secondary N) is 1. The maximum absolute atomic E-state index is 11.9. The van der Waals surface area contributed by atoms with Gasteiger partial charge in [-0.2, -0.15) is 0 Å². The molecule has 0 aromatic heterocycles. The summed E-state index contributed by atoms with van der Waals surface area (Å²) in [6.45, 7) is 6.34. The van der Waals surface area contributed by atoms with E-state index in [2.05, 4.69) is 5.32 Å². The van der Waals surface area contributed by atoms with E-state index in [1.54, 1.807) is 6.07 Å². The first kappa shape index (κ1) is 22.0. The molecule has 0 unspecified atom stereocenters. The molecule has 7 nitrogen and oxygen atoms in total. The minimum absolute atomic E-state index is 0.0389. The van der Waals surface area contributed by atoms with Crippen molar-refractivity contribution in [1.29, 1.82) is 0 Å². The van der Waals surface area contributed by atoms with E-state index in [1.165, 1.54) is 13.2 Å². The Morgan fingerprint density at radius 3 is 2.32 bits per heavy atom. The highest BCUT2D eigenvalue weighted by Gasteiger charge is 2.20. The number of hydrogen-bond donors (Lipinski definition) is 2. The molecule has 2 atom stereocenters. The lowest BCUT2D eigenvalue weighted by molar-refractivity contribution is 0.156. The Labute approximate surface area is 166 Å². The van der Waals surface area contributed by atoms with Crippen LogP contribution in [0.2, 0.25) is 0 Å². The third kappa shape index (κ3) is 5.60. The van der Waals surface area contributed by atoms with Crippen molar-refractivity contribution in [2.75, 3.05) is 13.7 Å². The molecule has 0 saturated carbocycles. The summed E-state index contributed by atoms with van der Waals surface area (Å²) in [7, 11) is -2.49. The highest BCUT2D eigenvalue weighted by Crippen LogP contribution is 2.30. The van der Waals surface area contributed by atoms with Crippen molar-refractivity contribution in [3.05, 3.63) is 48.0 Å². The van der Waals surface area contributed by atoms with Gasteiger partial charge in [0.05, 0.1) is 13.7 Å². The second-order valence-electron chi connectivity index (χ2n) is 6.22. The Morgan fingerprint density at radius 1 is 1.07 bits per heavy atom. The normalized spacial score (nSPS) is 13.6. The van der Waals surface area contributed by atoms with Gasteiger partial charge in [-0.3, -0.25) is 5.32 Å². The molecule has 2 aromatic rings. The van der Waals surface area contributed by atoms with Gasteiger partial charge in [0.15, 0.2) is 11.5 Å². The molecule has 28 heavy (non-hydrogen) atoms. The Balaban J connectivity index is 2.20. The van der Waals surface area contributed by atoms with Crippen molar-refractivity contribution in [3.8, 4) is 17.2 Å². The number of hydrogen-bond acceptors (Lipinski definition) is 6. The van der Waals surface area contributed by atoms with Crippen molar-refractivity contribution < 1.29 is 22.6 Å². The highest BCUT2D eigenvalue weighted by atomic mass is 32.2. The quantitative estimate of drug-likeness (QED) is 0.586. The van der Waals surface area contributed by atoms with Crippen molar-refractivity contribution in [3.63, 3.8) is 0 Å². The average Bonchev–Trinajstić information content (AvgIpc) is 2.66. The number of nitrogens with two attached hydrogens (primary N) is 1. The number of primary sulfonamides is 1. The smallest absolute Gasteiger partial charge is 0.241 e. The molecule has 8 heteroatoms. The topological polar surface area (TPSA) is 99.9 Å². The summed E-state index contributed by atoms with van der Waals surface area (Å²) in [6.07, 6.45) is 0.378. The monoisotopic (exact) mass is 408 g/mol. The van der Waals surface area contributed by atoms with Gasteiger partial charge in [-0.15, -0.1) is 0 Å². The lowest BCUT2D eigenvalue weighted by atomic mass is 10.0. The van der Waals surface area contributed by atoms with Gasteiger partial charge in [0.1, 0.15) is 16.9 Å². The Kier molecular flexibility index (Phi) is 7.68. The zero-order valence-electron chi connectivity index (χ0n) is 16.6. The maximum atomic E-state index is 11.9. The van der Waals surface area contributed by atoms with Crippen molar-refractivity contribution >= 4 is 10.0 Å². The molecule has 0 radical (unpaired) electrons. The minimum atomic E-state index is -3.90. The molecule has 0 spiro atoms. The van der Waals surface area contributed by atoms with Crippen LogP contribution in [-0.2, 0) is 10.0 Å². The Morgan fingerprint density at radius 2 is 1.75 bits per heavy atom. The van der Waals surface area contributed by atoms with Crippen LogP contribution in [0, 0.1) is 0 Å². The highest BCUT2D eigenvalue weighted by molar-refractivity contribution is 7.89. The van der Waals surface area contributed by atoms with E-state index in [9.17, 15) is 8.42 Å². The van der Waals surface area contributed by atoms with Crippen molar-refractivity contribution in [2.45, 2.75) is 44.4 Å². The lowest BCUT2D eigenvalue weighted by Gasteiger charge is -2.25. The number of methoxy groups -OCH3 is 1. The van der Waals surface area contributed by atoms with E-state index in [0.29, 0.717) is 18.1 Å². The van der Waals surface area contributed by atoms with E-state index < -0.39 is 10.0 Å². The largest absolute Gasteiger partial charge is 0.495 e. The number of rotatable bonds is 10. The minimum Gasteiger partial charge on any atom is -0.495 e. The molecule has 3 N–H and O–H groups in total. The molecule has 0 heterocycles. The van der Waals surface area contributed by atoms with E-state index in [0.717, 1.165) is 12.0 Å². The Bertz CT molecular complexity index is 886. The summed E-state index contributed by atoms with van der Waals surface area (Å²) in [6, 6.07) is 12.3. The molecular weight excluding hydrogens is 380 g/mol. The van der Waals surface area contributed by atoms with Gasteiger partial charge in [0.2, 0.25) is 10.0 Å². The summed E-state index contributed by atoms with van der Waals surface area (Å²) >= 11 is 0. The summed E-state index contributed by atoms with van der Waals surface area (Å²) < 4.78 is 40.4. The van der Waals surface area contributed by atoms with Gasteiger partial charge in [-0.1, -0.05) is 25.1 Å². The summed E-state index contributed by atoms with van der Waals surface area (Å²) in [4.78, 5) is -0.0389. The summed E-state index contributed by atoms with van der Waals surface area (Å²) in [5, 5.41) is 8.69. The van der Waals surface area contributed by atoms with Crippen LogP contribution in [0.5, 0.6) is 17.2 Å². The van der Waals surface area contributed by atoms with Crippen LogP contribution in [0.15, 0.2) is 47.4 Å². The molecule has 0 aliphatic rings. The van der Waals surface area contributed by atoms with Gasteiger partial charge in [0, 0.05) is 6.04 Å². The number of benzene rings is 2. The van der Waals surface area contributed by atoms with E-state index in [-0.39, 0.29) is 22.9 Å². The van der Waals surface area contributed by atoms with Crippen molar-refractivity contribution in [1.82, 2.24) is 5.32 Å². The molecule has 2 rings (SSSR count). The number of para-hydroxylation sites is 2. The van der Waals surface area contributed by atoms with Crippen LogP contribution >= 0.6 is 0 Å². The zero-order valence-corrected chi connectivity index (χ0v) is 17.5. The molecule has 0 fully saturated rings. The van der Waals surface area contributed by atoms with E-state index >= 15 is 0 Å². The van der Waals surface area contributed by atoms with E-state index in [4.69, 9.17) is 19.3 Å². The summed E-state index contributed by atoms with van der Waals surface area (Å²) in [5.41, 5.74) is 0.779. The molecular formula is C20H28N2O5S. The van der Waals surface area contributed by atoms with Gasteiger partial charge in [-0.25, -0.2) is 13.6 Å². The number of sulfonamides is 1. The summed E-state index contributed by atoms with van der Waals surface area (Å²) in [5.74, 6) is 1.53. The van der Waals surface area contributed by atoms with Gasteiger partial charge in [0.25, 0.3) is 0 Å². The number of ether oxygens (including phenoxy) is 3. The molecule has 0 bridgehead atoms. The zero-order chi connectivity index (χ0) is 20.7. The van der Waals surface area contributed by atoms with E-state index in [1.807, 2.05) is 51.1 Å².